The fraction of sp³-hybridized carbons (Fsp3) is 0.533. The van der Waals surface area contributed by atoms with Gasteiger partial charge in [-0.15, -0.1) is 0 Å². The molecule has 19 heavy (non-hydrogen) atoms. The van der Waals surface area contributed by atoms with E-state index in [4.69, 9.17) is 4.74 Å². The number of ether oxygens (including phenoxy) is 1. The standard InChI is InChI=1S/C15H20FNO2/c1-11-14(16)5-3-4-8-17-15(11)7-6-13(19-2)9-12(15)10-18/h3-5,8,12-13,18H,1,6-7,9-10H2,2H3/b4-3-,14-5+,17-8?. The fourth-order valence-electron chi connectivity index (χ4n) is 2.97. The summed E-state index contributed by atoms with van der Waals surface area (Å²) in [7, 11) is 1.66. The Morgan fingerprint density at radius 3 is 3.05 bits per heavy atom. The highest BCUT2D eigenvalue weighted by molar-refractivity contribution is 5.73. The molecule has 1 N–H and O–H groups in total. The largest absolute Gasteiger partial charge is 0.396 e. The molecule has 0 aromatic carbocycles. The smallest absolute Gasteiger partial charge is 0.128 e. The van der Waals surface area contributed by atoms with Gasteiger partial charge in [-0.2, -0.15) is 0 Å². The molecular formula is C15H20FNO2. The highest BCUT2D eigenvalue weighted by Crippen LogP contribution is 2.45. The molecule has 0 saturated heterocycles. The molecule has 104 valence electrons. The van der Waals surface area contributed by atoms with Crippen LogP contribution in [0.25, 0.3) is 0 Å². The summed E-state index contributed by atoms with van der Waals surface area (Å²) in [6.45, 7) is 3.83. The van der Waals surface area contributed by atoms with Crippen molar-refractivity contribution < 1.29 is 14.2 Å². The lowest BCUT2D eigenvalue weighted by molar-refractivity contribution is 0.0102. The Balaban J connectivity index is 2.38. The molecule has 0 aromatic rings. The van der Waals surface area contributed by atoms with Crippen LogP contribution in [0.1, 0.15) is 19.3 Å². The fourth-order valence-corrected chi connectivity index (χ4v) is 2.97. The molecule has 2 aliphatic rings. The van der Waals surface area contributed by atoms with Crippen molar-refractivity contribution in [2.24, 2.45) is 10.9 Å². The molecule has 1 aliphatic carbocycles. The molecule has 0 radical (unpaired) electrons. The number of rotatable bonds is 2. The number of aliphatic imine (C=N–C) groups is 1. The summed E-state index contributed by atoms with van der Waals surface area (Å²) in [4.78, 5) is 4.52. The summed E-state index contributed by atoms with van der Waals surface area (Å²) in [5, 5.41) is 9.66. The number of hydrogen-bond acceptors (Lipinski definition) is 3. The number of aliphatic hydroxyl groups is 1. The molecular weight excluding hydrogens is 245 g/mol. The highest BCUT2D eigenvalue weighted by atomic mass is 19.1. The van der Waals surface area contributed by atoms with Gasteiger partial charge in [-0.1, -0.05) is 12.7 Å². The zero-order valence-electron chi connectivity index (χ0n) is 11.2. The van der Waals surface area contributed by atoms with Crippen molar-refractivity contribution in [2.45, 2.75) is 30.9 Å². The van der Waals surface area contributed by atoms with E-state index in [9.17, 15) is 9.50 Å². The minimum Gasteiger partial charge on any atom is -0.396 e. The van der Waals surface area contributed by atoms with Crippen molar-refractivity contribution in [1.82, 2.24) is 0 Å². The summed E-state index contributed by atoms with van der Waals surface area (Å²) in [6, 6.07) is 0. The third-order valence-electron chi connectivity index (χ3n) is 4.18. The predicted octanol–water partition coefficient (Wildman–Crippen LogP) is 2.58. The van der Waals surface area contributed by atoms with Crippen LogP contribution in [0.2, 0.25) is 0 Å². The Kier molecular flexibility index (Phi) is 4.32. The minimum atomic E-state index is -0.741. The zero-order chi connectivity index (χ0) is 13.9. The van der Waals surface area contributed by atoms with Gasteiger partial charge in [-0.05, 0) is 31.4 Å². The van der Waals surface area contributed by atoms with Gasteiger partial charge in [-0.3, -0.25) is 4.99 Å². The van der Waals surface area contributed by atoms with E-state index < -0.39 is 5.54 Å². The van der Waals surface area contributed by atoms with Gasteiger partial charge in [0, 0.05) is 31.4 Å². The third kappa shape index (κ3) is 2.55. The number of hydrogen-bond donors (Lipinski definition) is 1. The van der Waals surface area contributed by atoms with E-state index in [1.165, 1.54) is 6.08 Å². The van der Waals surface area contributed by atoms with E-state index >= 15 is 0 Å². The van der Waals surface area contributed by atoms with E-state index in [0.717, 1.165) is 6.42 Å². The van der Waals surface area contributed by atoms with Crippen LogP contribution >= 0.6 is 0 Å². The quantitative estimate of drug-likeness (QED) is 0.833. The van der Waals surface area contributed by atoms with Crippen LogP contribution < -0.4 is 0 Å². The molecule has 3 nitrogen and oxygen atoms in total. The minimum absolute atomic E-state index is 0.0484. The summed E-state index contributed by atoms with van der Waals surface area (Å²) >= 11 is 0. The average Bonchev–Trinajstić information content (AvgIpc) is 2.44. The van der Waals surface area contributed by atoms with Gasteiger partial charge >= 0.3 is 0 Å². The second-order valence-corrected chi connectivity index (χ2v) is 5.09. The number of allylic oxidation sites excluding steroid dienone is 3. The van der Waals surface area contributed by atoms with Crippen LogP contribution in [0, 0.1) is 5.92 Å². The normalized spacial score (nSPS) is 39.5. The van der Waals surface area contributed by atoms with Crippen LogP contribution in [0.15, 0.2) is 41.2 Å². The van der Waals surface area contributed by atoms with Crippen LogP contribution in [0.3, 0.4) is 0 Å². The molecule has 4 heteroatoms. The van der Waals surface area contributed by atoms with E-state index in [-0.39, 0.29) is 24.5 Å². The number of nitrogens with zero attached hydrogens (tertiary/aromatic N) is 1. The van der Waals surface area contributed by atoms with E-state index in [1.54, 1.807) is 25.5 Å². The van der Waals surface area contributed by atoms with Gasteiger partial charge in [0.25, 0.3) is 0 Å². The molecule has 0 amide bonds. The lowest BCUT2D eigenvalue weighted by Gasteiger charge is -2.44. The molecule has 1 heterocycles. The van der Waals surface area contributed by atoms with E-state index in [2.05, 4.69) is 11.6 Å². The van der Waals surface area contributed by atoms with Crippen molar-refractivity contribution in [3.05, 3.63) is 36.2 Å². The summed E-state index contributed by atoms with van der Waals surface area (Å²) in [5.41, 5.74) is -0.378. The van der Waals surface area contributed by atoms with Gasteiger partial charge in [0.2, 0.25) is 0 Å². The van der Waals surface area contributed by atoms with Crippen molar-refractivity contribution in [3.8, 4) is 0 Å². The highest BCUT2D eigenvalue weighted by Gasteiger charge is 2.46. The first-order chi connectivity index (χ1) is 9.14. The Hall–Kier alpha value is -1.26. The van der Waals surface area contributed by atoms with Crippen molar-refractivity contribution >= 4 is 6.21 Å². The predicted molar refractivity (Wildman–Crippen MR) is 73.9 cm³/mol. The van der Waals surface area contributed by atoms with Crippen LogP contribution in [-0.4, -0.2) is 36.7 Å². The van der Waals surface area contributed by atoms with E-state index in [0.29, 0.717) is 18.4 Å². The van der Waals surface area contributed by atoms with Gasteiger partial charge in [0.15, 0.2) is 0 Å². The number of methoxy groups -OCH3 is 1. The molecule has 0 aromatic heterocycles. The number of aliphatic hydroxyl groups excluding tert-OH is 1. The lowest BCUT2D eigenvalue weighted by atomic mass is 9.68. The second kappa shape index (κ2) is 5.80. The maximum absolute atomic E-state index is 14.1. The molecule has 2 rings (SSSR count). The monoisotopic (exact) mass is 265 g/mol. The Morgan fingerprint density at radius 2 is 2.37 bits per heavy atom. The second-order valence-electron chi connectivity index (χ2n) is 5.09. The molecule has 1 aliphatic heterocycles. The maximum atomic E-state index is 14.1. The van der Waals surface area contributed by atoms with Gasteiger partial charge in [-0.25, -0.2) is 4.39 Å². The maximum Gasteiger partial charge on any atom is 0.128 e. The Labute approximate surface area is 113 Å². The molecule has 1 spiro atoms. The summed E-state index contributed by atoms with van der Waals surface area (Å²) in [6.07, 6.45) is 8.56. The Bertz CT molecular complexity index is 441. The molecule has 3 unspecified atom stereocenters. The van der Waals surface area contributed by atoms with Gasteiger partial charge in [0.05, 0.1) is 11.6 Å². The van der Waals surface area contributed by atoms with Crippen LogP contribution in [0.5, 0.6) is 0 Å². The zero-order valence-corrected chi connectivity index (χ0v) is 11.2. The number of halogens is 1. The van der Waals surface area contributed by atoms with Crippen LogP contribution in [0.4, 0.5) is 4.39 Å². The summed E-state index contributed by atoms with van der Waals surface area (Å²) < 4.78 is 19.4. The van der Waals surface area contributed by atoms with Crippen molar-refractivity contribution in [2.75, 3.05) is 13.7 Å². The van der Waals surface area contributed by atoms with Crippen molar-refractivity contribution in [1.29, 1.82) is 0 Å². The van der Waals surface area contributed by atoms with E-state index in [1.807, 2.05) is 0 Å². The average molecular weight is 265 g/mol. The molecule has 0 bridgehead atoms. The first kappa shape index (κ1) is 14.2. The van der Waals surface area contributed by atoms with Gasteiger partial charge in [0.1, 0.15) is 5.83 Å². The van der Waals surface area contributed by atoms with Gasteiger partial charge < -0.3 is 9.84 Å². The van der Waals surface area contributed by atoms with Crippen LogP contribution in [-0.2, 0) is 4.74 Å². The third-order valence-corrected chi connectivity index (χ3v) is 4.18. The lowest BCUT2D eigenvalue weighted by Crippen LogP contribution is -2.46. The topological polar surface area (TPSA) is 41.8 Å². The van der Waals surface area contributed by atoms with Crippen molar-refractivity contribution in [3.63, 3.8) is 0 Å². The Morgan fingerprint density at radius 1 is 1.58 bits per heavy atom. The summed E-state index contributed by atoms with van der Waals surface area (Å²) in [5.74, 6) is -0.525. The first-order valence-electron chi connectivity index (χ1n) is 6.55. The molecule has 1 saturated carbocycles. The SMILES string of the molecule is C=C1/C(F)=C\C=C/C=NC12CCC(OC)CC2CO. The first-order valence-corrected chi connectivity index (χ1v) is 6.55. The molecule has 1 fully saturated rings. The molecule has 3 atom stereocenters.